The van der Waals surface area contributed by atoms with Gasteiger partial charge in [-0.3, -0.25) is 0 Å². The molecule has 20 heavy (non-hydrogen) atoms. The molecule has 0 atom stereocenters. The third-order valence-electron chi connectivity index (χ3n) is 3.79. The van der Waals surface area contributed by atoms with E-state index in [-0.39, 0.29) is 13.2 Å². The van der Waals surface area contributed by atoms with Crippen molar-refractivity contribution in [3.05, 3.63) is 59.7 Å². The van der Waals surface area contributed by atoms with Gasteiger partial charge >= 0.3 is 0 Å². The van der Waals surface area contributed by atoms with Crippen LogP contribution < -0.4 is 0 Å². The summed E-state index contributed by atoms with van der Waals surface area (Å²) in [5, 5.41) is 23.1. The Morgan fingerprint density at radius 3 is 2.35 bits per heavy atom. The molecule has 0 saturated carbocycles. The molecule has 0 saturated heterocycles. The second-order valence-corrected chi connectivity index (χ2v) is 5.08. The van der Waals surface area contributed by atoms with Crippen LogP contribution in [0.1, 0.15) is 11.1 Å². The van der Waals surface area contributed by atoms with Crippen LogP contribution in [0.2, 0.25) is 0 Å². The van der Waals surface area contributed by atoms with E-state index >= 15 is 0 Å². The standard InChI is InChI=1S/C18H18O2/c19-10-8-13-4-7-17-16(12-13)6-5-14-2-1-3-15(9-11-20)18(14)17/h1-7,12,19-20H,8-11H2. The van der Waals surface area contributed by atoms with E-state index in [4.69, 9.17) is 5.11 Å². The van der Waals surface area contributed by atoms with E-state index in [1.165, 1.54) is 27.1 Å². The number of hydrogen-bond donors (Lipinski definition) is 2. The van der Waals surface area contributed by atoms with Gasteiger partial charge in [-0.2, -0.15) is 0 Å². The minimum Gasteiger partial charge on any atom is -0.396 e. The second-order valence-electron chi connectivity index (χ2n) is 5.08. The molecular weight excluding hydrogens is 248 g/mol. The first-order chi connectivity index (χ1) is 9.83. The minimum atomic E-state index is 0.165. The summed E-state index contributed by atoms with van der Waals surface area (Å²) in [4.78, 5) is 0. The zero-order valence-electron chi connectivity index (χ0n) is 11.3. The highest BCUT2D eigenvalue weighted by Gasteiger charge is 2.06. The lowest BCUT2D eigenvalue weighted by Crippen LogP contribution is -1.94. The van der Waals surface area contributed by atoms with E-state index in [2.05, 4.69) is 42.5 Å². The topological polar surface area (TPSA) is 40.5 Å². The predicted molar refractivity (Wildman–Crippen MR) is 83.0 cm³/mol. The van der Waals surface area contributed by atoms with E-state index in [1.54, 1.807) is 0 Å². The maximum absolute atomic E-state index is 9.24. The normalized spacial score (nSPS) is 11.3. The predicted octanol–water partition coefficient (Wildman–Crippen LogP) is 3.06. The molecule has 0 aliphatic heterocycles. The van der Waals surface area contributed by atoms with Crippen LogP contribution in [0.3, 0.4) is 0 Å². The van der Waals surface area contributed by atoms with Crippen LogP contribution in [0, 0.1) is 0 Å². The lowest BCUT2D eigenvalue weighted by Gasteiger charge is -2.10. The molecular formula is C18H18O2. The number of fused-ring (bicyclic) bond motifs is 3. The Bertz CT molecular complexity index is 747. The smallest absolute Gasteiger partial charge is 0.0471 e. The number of benzene rings is 3. The van der Waals surface area contributed by atoms with E-state index in [0.29, 0.717) is 12.8 Å². The second kappa shape index (κ2) is 5.61. The van der Waals surface area contributed by atoms with Crippen LogP contribution in [0.25, 0.3) is 21.5 Å². The van der Waals surface area contributed by atoms with E-state index in [0.717, 1.165) is 5.56 Å². The van der Waals surface area contributed by atoms with Crippen molar-refractivity contribution in [2.75, 3.05) is 13.2 Å². The van der Waals surface area contributed by atoms with Crippen molar-refractivity contribution in [3.8, 4) is 0 Å². The fourth-order valence-electron chi connectivity index (χ4n) is 2.86. The third-order valence-corrected chi connectivity index (χ3v) is 3.79. The lowest BCUT2D eigenvalue weighted by molar-refractivity contribution is 0.299. The molecule has 102 valence electrons. The first-order valence-corrected chi connectivity index (χ1v) is 6.98. The van der Waals surface area contributed by atoms with Crippen molar-refractivity contribution in [3.63, 3.8) is 0 Å². The average molecular weight is 266 g/mol. The Hall–Kier alpha value is -1.90. The van der Waals surface area contributed by atoms with Crippen molar-refractivity contribution < 1.29 is 10.2 Å². The van der Waals surface area contributed by atoms with Crippen molar-refractivity contribution in [2.24, 2.45) is 0 Å². The fourth-order valence-corrected chi connectivity index (χ4v) is 2.86. The van der Waals surface area contributed by atoms with Crippen LogP contribution >= 0.6 is 0 Å². The molecule has 2 nitrogen and oxygen atoms in total. The van der Waals surface area contributed by atoms with Gasteiger partial charge in [-0.15, -0.1) is 0 Å². The first kappa shape index (κ1) is 13.1. The highest BCUT2D eigenvalue weighted by atomic mass is 16.3. The largest absolute Gasteiger partial charge is 0.396 e. The third kappa shape index (κ3) is 2.28. The van der Waals surface area contributed by atoms with Gasteiger partial charge < -0.3 is 10.2 Å². The van der Waals surface area contributed by atoms with Gasteiger partial charge in [0.15, 0.2) is 0 Å². The summed E-state index contributed by atoms with van der Waals surface area (Å²) in [5.74, 6) is 0. The van der Waals surface area contributed by atoms with Crippen molar-refractivity contribution in [1.29, 1.82) is 0 Å². The SMILES string of the molecule is OCCc1ccc2c(ccc3cccc(CCO)c32)c1. The Morgan fingerprint density at radius 1 is 0.750 bits per heavy atom. The van der Waals surface area contributed by atoms with Gasteiger partial charge in [-0.05, 0) is 45.5 Å². The van der Waals surface area contributed by atoms with Crippen molar-refractivity contribution >= 4 is 21.5 Å². The zero-order valence-corrected chi connectivity index (χ0v) is 11.3. The summed E-state index contributed by atoms with van der Waals surface area (Å²) < 4.78 is 0. The molecule has 0 aromatic heterocycles. The molecule has 0 unspecified atom stereocenters. The number of hydrogen-bond acceptors (Lipinski definition) is 2. The Morgan fingerprint density at radius 2 is 1.55 bits per heavy atom. The van der Waals surface area contributed by atoms with Gasteiger partial charge in [0.2, 0.25) is 0 Å². The zero-order chi connectivity index (χ0) is 13.9. The molecule has 0 heterocycles. The van der Waals surface area contributed by atoms with E-state index < -0.39 is 0 Å². The molecule has 0 spiro atoms. The van der Waals surface area contributed by atoms with Crippen LogP contribution in [-0.4, -0.2) is 23.4 Å². The molecule has 0 amide bonds. The summed E-state index contributed by atoms with van der Waals surface area (Å²) in [7, 11) is 0. The monoisotopic (exact) mass is 266 g/mol. The average Bonchev–Trinajstić information content (AvgIpc) is 2.47. The van der Waals surface area contributed by atoms with Crippen molar-refractivity contribution in [1.82, 2.24) is 0 Å². The summed E-state index contributed by atoms with van der Waals surface area (Å²) >= 11 is 0. The Balaban J connectivity index is 2.28. The fraction of sp³-hybridized carbons (Fsp3) is 0.222. The van der Waals surface area contributed by atoms with Gasteiger partial charge in [0.25, 0.3) is 0 Å². The summed E-state index contributed by atoms with van der Waals surface area (Å²) in [6.07, 6.45) is 1.36. The van der Waals surface area contributed by atoms with Crippen LogP contribution in [0.4, 0.5) is 0 Å². The molecule has 0 radical (unpaired) electrons. The van der Waals surface area contributed by atoms with E-state index in [9.17, 15) is 5.11 Å². The summed E-state index contributed by atoms with van der Waals surface area (Å²) in [5.41, 5.74) is 2.34. The van der Waals surface area contributed by atoms with Gasteiger partial charge in [-0.1, -0.05) is 48.5 Å². The number of aliphatic hydroxyl groups is 2. The first-order valence-electron chi connectivity index (χ1n) is 6.98. The van der Waals surface area contributed by atoms with Gasteiger partial charge in [-0.25, -0.2) is 0 Å². The molecule has 0 aliphatic carbocycles. The summed E-state index contributed by atoms with van der Waals surface area (Å²) in [6, 6.07) is 16.8. The van der Waals surface area contributed by atoms with Gasteiger partial charge in [0.05, 0.1) is 0 Å². The summed E-state index contributed by atoms with van der Waals surface area (Å²) in [6.45, 7) is 0.340. The van der Waals surface area contributed by atoms with Crippen LogP contribution in [0.5, 0.6) is 0 Å². The molecule has 3 aromatic carbocycles. The molecule has 0 aliphatic rings. The van der Waals surface area contributed by atoms with Crippen molar-refractivity contribution in [2.45, 2.75) is 12.8 Å². The number of rotatable bonds is 4. The molecule has 2 heteroatoms. The van der Waals surface area contributed by atoms with Crippen LogP contribution in [0.15, 0.2) is 48.5 Å². The molecule has 3 rings (SSSR count). The molecule has 0 bridgehead atoms. The molecule has 0 fully saturated rings. The maximum Gasteiger partial charge on any atom is 0.0471 e. The highest BCUT2D eigenvalue weighted by molar-refractivity contribution is 6.09. The number of aliphatic hydroxyl groups excluding tert-OH is 2. The lowest BCUT2D eigenvalue weighted by atomic mass is 9.95. The minimum absolute atomic E-state index is 0.165. The Kier molecular flexibility index (Phi) is 3.68. The van der Waals surface area contributed by atoms with E-state index in [1.807, 2.05) is 6.07 Å². The molecule has 3 aromatic rings. The van der Waals surface area contributed by atoms with Gasteiger partial charge in [0.1, 0.15) is 0 Å². The van der Waals surface area contributed by atoms with Crippen LogP contribution in [-0.2, 0) is 12.8 Å². The maximum atomic E-state index is 9.24. The quantitative estimate of drug-likeness (QED) is 0.712. The highest BCUT2D eigenvalue weighted by Crippen LogP contribution is 2.29. The molecule has 2 N–H and O–H groups in total. The Labute approximate surface area is 118 Å². The van der Waals surface area contributed by atoms with Gasteiger partial charge in [0, 0.05) is 13.2 Å².